The van der Waals surface area contributed by atoms with E-state index in [1.165, 1.54) is 28.4 Å². The van der Waals surface area contributed by atoms with E-state index >= 15 is 0 Å². The molecule has 0 radical (unpaired) electrons. The fraction of sp³-hybridized carbons (Fsp3) is 0.286. The number of aryl methyl sites for hydroxylation is 1. The summed E-state index contributed by atoms with van der Waals surface area (Å²) in [5, 5.41) is 12.9. The van der Waals surface area contributed by atoms with Crippen molar-refractivity contribution in [2.45, 2.75) is 30.7 Å². The molecule has 0 unspecified atom stereocenters. The molecular formula is C14H14FN5OS. The lowest BCUT2D eigenvalue weighted by atomic mass is 10.1. The normalized spacial score (nSPS) is 12.7. The van der Waals surface area contributed by atoms with Gasteiger partial charge in [0, 0.05) is 5.25 Å². The Kier molecular flexibility index (Phi) is 3.93. The van der Waals surface area contributed by atoms with Gasteiger partial charge < -0.3 is 0 Å². The van der Waals surface area contributed by atoms with Crippen molar-refractivity contribution < 1.29 is 4.39 Å². The highest BCUT2D eigenvalue weighted by molar-refractivity contribution is 7.99. The molecule has 0 aliphatic heterocycles. The van der Waals surface area contributed by atoms with E-state index in [0.717, 1.165) is 12.0 Å². The third kappa shape index (κ3) is 2.74. The largest absolute Gasteiger partial charge is 0.288 e. The molecule has 1 atom stereocenters. The maximum atomic E-state index is 13.0. The minimum atomic E-state index is -0.276. The Hall–Kier alpha value is -2.22. The second-order valence-electron chi connectivity index (χ2n) is 4.82. The van der Waals surface area contributed by atoms with E-state index in [2.05, 4.69) is 20.3 Å². The van der Waals surface area contributed by atoms with E-state index in [9.17, 15) is 9.18 Å². The molecule has 3 rings (SSSR count). The van der Waals surface area contributed by atoms with Gasteiger partial charge in [-0.25, -0.2) is 4.39 Å². The van der Waals surface area contributed by atoms with Crippen molar-refractivity contribution in [3.63, 3.8) is 0 Å². The van der Waals surface area contributed by atoms with Crippen LogP contribution >= 0.6 is 11.8 Å². The van der Waals surface area contributed by atoms with Crippen LogP contribution in [0.1, 0.15) is 29.9 Å². The van der Waals surface area contributed by atoms with E-state index in [-0.39, 0.29) is 16.6 Å². The lowest BCUT2D eigenvalue weighted by Crippen LogP contribution is -2.15. The van der Waals surface area contributed by atoms with Crippen LogP contribution in [-0.2, 0) is 0 Å². The van der Waals surface area contributed by atoms with Gasteiger partial charge >= 0.3 is 0 Å². The molecule has 1 aromatic carbocycles. The van der Waals surface area contributed by atoms with Gasteiger partial charge in [0.25, 0.3) is 11.3 Å². The summed E-state index contributed by atoms with van der Waals surface area (Å²) in [7, 11) is 0. The summed E-state index contributed by atoms with van der Waals surface area (Å²) >= 11 is 1.48. The lowest BCUT2D eigenvalue weighted by Gasteiger charge is -2.13. The number of halogens is 1. The summed E-state index contributed by atoms with van der Waals surface area (Å²) in [4.78, 5) is 14.2. The van der Waals surface area contributed by atoms with Crippen molar-refractivity contribution >= 4 is 17.5 Å². The third-order valence-corrected chi connectivity index (χ3v) is 4.63. The highest BCUT2D eigenvalue weighted by Gasteiger charge is 2.17. The van der Waals surface area contributed by atoms with Crippen LogP contribution in [0.4, 0.5) is 4.39 Å². The van der Waals surface area contributed by atoms with Gasteiger partial charge in [-0.3, -0.25) is 9.78 Å². The first-order valence-electron chi connectivity index (χ1n) is 6.83. The van der Waals surface area contributed by atoms with E-state index in [1.807, 2.05) is 6.92 Å². The summed E-state index contributed by atoms with van der Waals surface area (Å²) in [5.41, 5.74) is 1.08. The standard InChI is InChI=1S/C14H14FN5OS/c1-3-11(9-4-6-10(15)7-5-9)22-14-18-17-13-16-12(21)8(2)19-20(13)14/h4-7,11H,3H2,1-2H3,(H,16,17,21)/t11-/m1/s1. The SMILES string of the molecule is CC[C@@H](Sc1nnc2[nH]c(=O)c(C)nn12)c1ccc(F)cc1. The maximum Gasteiger partial charge on any atom is 0.273 e. The molecular weight excluding hydrogens is 305 g/mol. The van der Waals surface area contributed by atoms with E-state index < -0.39 is 0 Å². The minimum Gasteiger partial charge on any atom is -0.288 e. The Morgan fingerprint density at radius 1 is 1.32 bits per heavy atom. The van der Waals surface area contributed by atoms with Crippen molar-refractivity contribution in [1.82, 2.24) is 24.8 Å². The van der Waals surface area contributed by atoms with Crippen LogP contribution in [0.15, 0.2) is 34.2 Å². The van der Waals surface area contributed by atoms with Gasteiger partial charge in [0.2, 0.25) is 5.16 Å². The van der Waals surface area contributed by atoms with E-state index in [1.54, 1.807) is 19.1 Å². The van der Waals surface area contributed by atoms with Gasteiger partial charge in [0.05, 0.1) is 0 Å². The molecule has 114 valence electrons. The molecule has 2 aromatic heterocycles. The smallest absolute Gasteiger partial charge is 0.273 e. The predicted octanol–water partition coefficient (Wildman–Crippen LogP) is 2.50. The van der Waals surface area contributed by atoms with Crippen LogP contribution in [-0.4, -0.2) is 24.8 Å². The summed E-state index contributed by atoms with van der Waals surface area (Å²) in [6.45, 7) is 3.68. The van der Waals surface area contributed by atoms with Crippen molar-refractivity contribution in [2.75, 3.05) is 0 Å². The maximum absolute atomic E-state index is 13.0. The predicted molar refractivity (Wildman–Crippen MR) is 81.4 cm³/mol. The molecule has 0 aliphatic carbocycles. The average Bonchev–Trinajstić information content (AvgIpc) is 2.88. The highest BCUT2D eigenvalue weighted by Crippen LogP contribution is 2.36. The van der Waals surface area contributed by atoms with Crippen molar-refractivity contribution in [1.29, 1.82) is 0 Å². The fourth-order valence-corrected chi connectivity index (χ4v) is 3.12. The molecule has 0 spiro atoms. The van der Waals surface area contributed by atoms with Crippen molar-refractivity contribution in [3.8, 4) is 0 Å². The first-order valence-corrected chi connectivity index (χ1v) is 7.71. The Morgan fingerprint density at radius 3 is 2.73 bits per heavy atom. The number of hydrogen-bond acceptors (Lipinski definition) is 5. The number of hydrogen-bond donors (Lipinski definition) is 1. The van der Waals surface area contributed by atoms with Crippen LogP contribution in [0.5, 0.6) is 0 Å². The molecule has 0 fully saturated rings. The van der Waals surface area contributed by atoms with Gasteiger partial charge in [0.1, 0.15) is 11.5 Å². The summed E-state index contributed by atoms with van der Waals surface area (Å²) < 4.78 is 14.6. The van der Waals surface area contributed by atoms with Crippen LogP contribution in [0.2, 0.25) is 0 Å². The van der Waals surface area contributed by atoms with E-state index in [0.29, 0.717) is 16.6 Å². The van der Waals surface area contributed by atoms with Crippen LogP contribution < -0.4 is 5.56 Å². The van der Waals surface area contributed by atoms with Gasteiger partial charge in [0.15, 0.2) is 0 Å². The molecule has 3 aromatic rings. The summed E-state index contributed by atoms with van der Waals surface area (Å²) in [6, 6.07) is 6.42. The second kappa shape index (κ2) is 5.88. The zero-order valence-electron chi connectivity index (χ0n) is 12.1. The van der Waals surface area contributed by atoms with Crippen molar-refractivity contribution in [2.24, 2.45) is 0 Å². The monoisotopic (exact) mass is 319 g/mol. The Bertz CT molecular complexity index is 858. The van der Waals surface area contributed by atoms with Gasteiger partial charge in [-0.2, -0.15) is 9.61 Å². The molecule has 0 saturated heterocycles. The number of H-pyrrole nitrogens is 1. The van der Waals surface area contributed by atoms with Crippen LogP contribution in [0, 0.1) is 12.7 Å². The second-order valence-corrected chi connectivity index (χ2v) is 5.99. The minimum absolute atomic E-state index is 0.0991. The molecule has 22 heavy (non-hydrogen) atoms. The molecule has 0 amide bonds. The molecule has 0 aliphatic rings. The molecule has 1 N–H and O–H groups in total. The number of aromatic amines is 1. The highest BCUT2D eigenvalue weighted by atomic mass is 32.2. The third-order valence-electron chi connectivity index (χ3n) is 3.28. The molecule has 8 heteroatoms. The zero-order valence-corrected chi connectivity index (χ0v) is 12.9. The number of fused-ring (bicyclic) bond motifs is 1. The summed E-state index contributed by atoms with van der Waals surface area (Å²) in [5.74, 6) is 0.0541. The summed E-state index contributed by atoms with van der Waals surface area (Å²) in [6.07, 6.45) is 0.841. The molecule has 0 saturated carbocycles. The van der Waals surface area contributed by atoms with Crippen LogP contribution in [0.25, 0.3) is 5.78 Å². The number of aromatic nitrogens is 5. The first kappa shape index (κ1) is 14.7. The van der Waals surface area contributed by atoms with Gasteiger partial charge in [-0.1, -0.05) is 30.8 Å². The number of rotatable bonds is 4. The number of nitrogens with one attached hydrogen (secondary N) is 1. The Balaban J connectivity index is 1.95. The Labute approximate surface area is 129 Å². The fourth-order valence-electron chi connectivity index (χ4n) is 2.09. The molecule has 2 heterocycles. The average molecular weight is 319 g/mol. The quantitative estimate of drug-likeness (QED) is 0.748. The zero-order chi connectivity index (χ0) is 15.7. The van der Waals surface area contributed by atoms with Crippen LogP contribution in [0.3, 0.4) is 0 Å². The van der Waals surface area contributed by atoms with Gasteiger partial charge in [-0.15, -0.1) is 10.2 Å². The lowest BCUT2D eigenvalue weighted by molar-refractivity contribution is 0.626. The molecule has 6 nitrogen and oxygen atoms in total. The van der Waals surface area contributed by atoms with Gasteiger partial charge in [-0.05, 0) is 31.0 Å². The topological polar surface area (TPSA) is 75.9 Å². The number of benzene rings is 1. The Morgan fingerprint density at radius 2 is 2.05 bits per heavy atom. The molecule has 0 bridgehead atoms. The first-order chi connectivity index (χ1) is 10.6. The van der Waals surface area contributed by atoms with Crippen molar-refractivity contribution in [3.05, 3.63) is 51.7 Å². The number of thioether (sulfide) groups is 1. The number of nitrogens with zero attached hydrogens (tertiary/aromatic N) is 4. The van der Waals surface area contributed by atoms with E-state index in [4.69, 9.17) is 0 Å².